The summed E-state index contributed by atoms with van der Waals surface area (Å²) in [6.45, 7) is 4.84. The summed E-state index contributed by atoms with van der Waals surface area (Å²) in [4.78, 5) is 10.6. The normalized spacial score (nSPS) is 11.7. The number of carboxylic acid groups (broad SMARTS) is 1. The Kier molecular flexibility index (Phi) is 6.58. The maximum atomic E-state index is 10.6. The zero-order valence-electron chi connectivity index (χ0n) is 12.1. The number of nitrogens with zero attached hydrogens (tertiary/aromatic N) is 1. The average Bonchev–Trinajstić information content (AvgIpc) is 2.42. The van der Waals surface area contributed by atoms with Gasteiger partial charge in [0.05, 0.1) is 11.6 Å². The predicted molar refractivity (Wildman–Crippen MR) is 79.7 cm³/mol. The van der Waals surface area contributed by atoms with Crippen molar-refractivity contribution in [3.8, 4) is 6.07 Å². The summed E-state index contributed by atoms with van der Waals surface area (Å²) in [6, 6.07) is 7.84. The zero-order chi connectivity index (χ0) is 15.0. The van der Waals surface area contributed by atoms with Gasteiger partial charge in [-0.25, -0.2) is 0 Å². The van der Waals surface area contributed by atoms with Crippen LogP contribution in [0, 0.1) is 24.2 Å². The number of nitriles is 1. The molecule has 2 N–H and O–H groups in total. The molecule has 0 aliphatic carbocycles. The lowest BCUT2D eigenvalue weighted by Gasteiger charge is -2.15. The van der Waals surface area contributed by atoms with Crippen molar-refractivity contribution in [1.29, 1.82) is 5.26 Å². The molecule has 0 saturated carbocycles. The Morgan fingerprint density at radius 3 is 2.75 bits per heavy atom. The lowest BCUT2D eigenvalue weighted by Crippen LogP contribution is -2.10. The van der Waals surface area contributed by atoms with Gasteiger partial charge >= 0.3 is 5.97 Å². The molecule has 0 aliphatic heterocycles. The number of nitrogens with one attached hydrogen (secondary N) is 1. The Hall–Kier alpha value is -2.02. The Morgan fingerprint density at radius 2 is 2.20 bits per heavy atom. The molecule has 0 bridgehead atoms. The van der Waals surface area contributed by atoms with Crippen LogP contribution in [-0.4, -0.2) is 17.6 Å². The van der Waals surface area contributed by atoms with E-state index < -0.39 is 5.97 Å². The number of hydrogen-bond acceptors (Lipinski definition) is 3. The van der Waals surface area contributed by atoms with E-state index in [9.17, 15) is 4.79 Å². The van der Waals surface area contributed by atoms with Gasteiger partial charge in [-0.1, -0.05) is 13.3 Å². The van der Waals surface area contributed by atoms with Gasteiger partial charge < -0.3 is 10.4 Å². The van der Waals surface area contributed by atoms with Crippen molar-refractivity contribution in [3.05, 3.63) is 29.3 Å². The van der Waals surface area contributed by atoms with E-state index >= 15 is 0 Å². The van der Waals surface area contributed by atoms with Gasteiger partial charge in [-0.05, 0) is 49.4 Å². The first-order chi connectivity index (χ1) is 9.56. The highest BCUT2D eigenvalue weighted by Crippen LogP contribution is 2.18. The van der Waals surface area contributed by atoms with Crippen molar-refractivity contribution in [3.63, 3.8) is 0 Å². The molecule has 4 heteroatoms. The van der Waals surface area contributed by atoms with E-state index in [1.807, 2.05) is 25.1 Å². The molecule has 0 fully saturated rings. The van der Waals surface area contributed by atoms with E-state index in [0.29, 0.717) is 11.5 Å². The van der Waals surface area contributed by atoms with Crippen LogP contribution in [-0.2, 0) is 4.79 Å². The fourth-order valence-electron chi connectivity index (χ4n) is 2.20. The monoisotopic (exact) mass is 274 g/mol. The first-order valence-corrected chi connectivity index (χ1v) is 7.03. The van der Waals surface area contributed by atoms with Crippen LogP contribution in [0.4, 0.5) is 5.69 Å². The molecular formula is C16H22N2O2. The van der Waals surface area contributed by atoms with Crippen LogP contribution in [0.2, 0.25) is 0 Å². The van der Waals surface area contributed by atoms with Crippen molar-refractivity contribution in [2.45, 2.75) is 39.5 Å². The molecule has 1 atom stereocenters. The predicted octanol–water partition coefficient (Wildman–Crippen LogP) is 3.56. The van der Waals surface area contributed by atoms with Crippen molar-refractivity contribution >= 4 is 11.7 Å². The zero-order valence-corrected chi connectivity index (χ0v) is 12.1. The van der Waals surface area contributed by atoms with Crippen LogP contribution in [0.25, 0.3) is 0 Å². The summed E-state index contributed by atoms with van der Waals surface area (Å²) in [5.74, 6) is -0.280. The Labute approximate surface area is 120 Å². The van der Waals surface area contributed by atoms with Crippen molar-refractivity contribution < 1.29 is 9.90 Å². The number of benzene rings is 1. The van der Waals surface area contributed by atoms with E-state index in [2.05, 4.69) is 18.3 Å². The van der Waals surface area contributed by atoms with Crippen LogP contribution in [0.5, 0.6) is 0 Å². The SMILES string of the molecule is CCC(CCNc1ccc(C#N)c(C)c1)CCC(=O)O. The first kappa shape index (κ1) is 16.0. The maximum absolute atomic E-state index is 10.6. The number of anilines is 1. The smallest absolute Gasteiger partial charge is 0.303 e. The molecule has 0 radical (unpaired) electrons. The molecule has 1 aromatic carbocycles. The van der Waals surface area contributed by atoms with E-state index in [-0.39, 0.29) is 6.42 Å². The van der Waals surface area contributed by atoms with Gasteiger partial charge in [-0.3, -0.25) is 4.79 Å². The molecule has 108 valence electrons. The molecule has 20 heavy (non-hydrogen) atoms. The van der Waals surface area contributed by atoms with Gasteiger partial charge in [-0.2, -0.15) is 5.26 Å². The van der Waals surface area contributed by atoms with Gasteiger partial charge in [0.1, 0.15) is 0 Å². The first-order valence-electron chi connectivity index (χ1n) is 7.03. The molecule has 1 aromatic rings. The molecule has 0 spiro atoms. The van der Waals surface area contributed by atoms with E-state index in [4.69, 9.17) is 10.4 Å². The largest absolute Gasteiger partial charge is 0.481 e. The number of hydrogen-bond donors (Lipinski definition) is 2. The highest BCUT2D eigenvalue weighted by molar-refractivity contribution is 5.66. The van der Waals surface area contributed by atoms with Crippen molar-refractivity contribution in [2.75, 3.05) is 11.9 Å². The molecular weight excluding hydrogens is 252 g/mol. The standard InChI is InChI=1S/C16H22N2O2/c1-3-13(4-7-16(19)20)8-9-18-15-6-5-14(11-17)12(2)10-15/h5-6,10,13,18H,3-4,7-9H2,1-2H3,(H,19,20). The number of aliphatic carboxylic acids is 1. The average molecular weight is 274 g/mol. The number of rotatable bonds is 8. The van der Waals surface area contributed by atoms with Crippen LogP contribution in [0.3, 0.4) is 0 Å². The Balaban J connectivity index is 2.41. The Bertz CT molecular complexity index is 492. The fourth-order valence-corrected chi connectivity index (χ4v) is 2.20. The van der Waals surface area contributed by atoms with Gasteiger partial charge in [-0.15, -0.1) is 0 Å². The highest BCUT2D eigenvalue weighted by atomic mass is 16.4. The molecule has 1 unspecified atom stereocenters. The maximum Gasteiger partial charge on any atom is 0.303 e. The number of carboxylic acids is 1. The van der Waals surface area contributed by atoms with Crippen LogP contribution in [0.1, 0.15) is 43.7 Å². The van der Waals surface area contributed by atoms with Gasteiger partial charge in [0.25, 0.3) is 0 Å². The van der Waals surface area contributed by atoms with E-state index in [0.717, 1.165) is 37.1 Å². The number of aryl methyl sites for hydroxylation is 1. The second-order valence-corrected chi connectivity index (χ2v) is 5.06. The van der Waals surface area contributed by atoms with Gasteiger partial charge in [0.2, 0.25) is 0 Å². The number of carbonyl (C=O) groups is 1. The minimum atomic E-state index is -0.723. The summed E-state index contributed by atoms with van der Waals surface area (Å²) in [5.41, 5.74) is 2.67. The minimum absolute atomic E-state index is 0.245. The molecule has 0 aliphatic rings. The van der Waals surface area contributed by atoms with E-state index in [1.54, 1.807) is 0 Å². The molecule has 0 amide bonds. The lowest BCUT2D eigenvalue weighted by atomic mass is 9.96. The van der Waals surface area contributed by atoms with Crippen LogP contribution >= 0.6 is 0 Å². The third-order valence-electron chi connectivity index (χ3n) is 3.57. The third kappa shape index (κ3) is 5.31. The van der Waals surface area contributed by atoms with Gasteiger partial charge in [0, 0.05) is 18.7 Å². The summed E-state index contributed by atoms with van der Waals surface area (Å²) in [7, 11) is 0. The summed E-state index contributed by atoms with van der Waals surface area (Å²) in [5, 5.41) is 20.9. The Morgan fingerprint density at radius 1 is 1.45 bits per heavy atom. The molecule has 4 nitrogen and oxygen atoms in total. The second kappa shape index (κ2) is 8.21. The highest BCUT2D eigenvalue weighted by Gasteiger charge is 2.08. The van der Waals surface area contributed by atoms with Crippen molar-refractivity contribution in [1.82, 2.24) is 0 Å². The van der Waals surface area contributed by atoms with Crippen LogP contribution in [0.15, 0.2) is 18.2 Å². The fraction of sp³-hybridized carbons (Fsp3) is 0.500. The summed E-state index contributed by atoms with van der Waals surface area (Å²) in [6.07, 6.45) is 2.94. The second-order valence-electron chi connectivity index (χ2n) is 5.06. The molecule has 1 rings (SSSR count). The molecule has 0 saturated heterocycles. The van der Waals surface area contributed by atoms with Crippen LogP contribution < -0.4 is 5.32 Å². The molecule has 0 heterocycles. The summed E-state index contributed by atoms with van der Waals surface area (Å²) < 4.78 is 0. The quantitative estimate of drug-likeness (QED) is 0.760. The van der Waals surface area contributed by atoms with Gasteiger partial charge in [0.15, 0.2) is 0 Å². The molecule has 0 aromatic heterocycles. The van der Waals surface area contributed by atoms with Crippen molar-refractivity contribution in [2.24, 2.45) is 5.92 Å². The summed E-state index contributed by atoms with van der Waals surface area (Å²) >= 11 is 0. The topological polar surface area (TPSA) is 73.1 Å². The van der Waals surface area contributed by atoms with E-state index in [1.165, 1.54) is 0 Å². The third-order valence-corrected chi connectivity index (χ3v) is 3.57. The minimum Gasteiger partial charge on any atom is -0.481 e. The lowest BCUT2D eigenvalue weighted by molar-refractivity contribution is -0.137.